The Labute approximate surface area is 195 Å². The predicted molar refractivity (Wildman–Crippen MR) is 132 cm³/mol. The maximum absolute atomic E-state index is 4.99. The van der Waals surface area contributed by atoms with Crippen molar-refractivity contribution < 1.29 is 0 Å². The molecule has 1 aliphatic heterocycles. The summed E-state index contributed by atoms with van der Waals surface area (Å²) in [5.74, 6) is 0.724. The zero-order valence-electron chi connectivity index (χ0n) is 18.9. The van der Waals surface area contributed by atoms with Crippen molar-refractivity contribution in [3.8, 4) is 33.8 Å². The lowest BCUT2D eigenvalue weighted by atomic mass is 10.0. The van der Waals surface area contributed by atoms with E-state index in [9.17, 15) is 0 Å². The van der Waals surface area contributed by atoms with E-state index >= 15 is 0 Å². The van der Waals surface area contributed by atoms with Gasteiger partial charge in [0.25, 0.3) is 0 Å². The number of pyridine rings is 1. The largest absolute Gasteiger partial charge is 0.335 e. The van der Waals surface area contributed by atoms with Crippen molar-refractivity contribution in [2.24, 2.45) is 7.05 Å². The van der Waals surface area contributed by atoms with Crippen molar-refractivity contribution in [3.63, 3.8) is 0 Å². The summed E-state index contributed by atoms with van der Waals surface area (Å²) >= 11 is 0. The molecular formula is C26H22N8. The normalized spacial score (nSPS) is 13.8. The van der Waals surface area contributed by atoms with E-state index in [-0.39, 0.29) is 0 Å². The van der Waals surface area contributed by atoms with Gasteiger partial charge in [0, 0.05) is 42.8 Å². The number of aryl methyl sites for hydroxylation is 1. The highest BCUT2D eigenvalue weighted by atomic mass is 15.3. The Bertz CT molecular complexity index is 1700. The van der Waals surface area contributed by atoms with E-state index in [1.807, 2.05) is 30.3 Å². The number of nitrogens with zero attached hydrogens (tertiary/aromatic N) is 6. The lowest BCUT2D eigenvalue weighted by Crippen LogP contribution is -2.19. The molecule has 2 N–H and O–H groups in total. The molecule has 0 fully saturated rings. The number of aromatic amines is 2. The number of rotatable bonds is 0. The van der Waals surface area contributed by atoms with Crippen LogP contribution in [0, 0.1) is 0 Å². The molecule has 8 nitrogen and oxygen atoms in total. The first-order valence-corrected chi connectivity index (χ1v) is 11.3. The maximum Gasteiger partial charge on any atom is 0.159 e. The number of nitrogens with one attached hydrogen (secondary N) is 2. The maximum atomic E-state index is 4.99. The van der Waals surface area contributed by atoms with Gasteiger partial charge in [-0.3, -0.25) is 19.7 Å². The van der Waals surface area contributed by atoms with Crippen LogP contribution >= 0.6 is 0 Å². The number of aromatic nitrogens is 7. The van der Waals surface area contributed by atoms with Gasteiger partial charge in [-0.2, -0.15) is 10.2 Å². The average Bonchev–Trinajstić information content (AvgIpc) is 3.55. The highest BCUT2D eigenvalue weighted by Crippen LogP contribution is 2.34. The SMILES string of the molecule is CN1Cc2cccc(c2)-c2cncc3[nH]c(nc23)-c2n[nH]c3ccc(cc23)-c2cnn(C)c2C1. The van der Waals surface area contributed by atoms with Crippen LogP contribution in [0.15, 0.2) is 61.1 Å². The summed E-state index contributed by atoms with van der Waals surface area (Å²) in [6.07, 6.45) is 5.66. The van der Waals surface area contributed by atoms with Crippen LogP contribution in [0.2, 0.25) is 0 Å². The van der Waals surface area contributed by atoms with Gasteiger partial charge in [0.15, 0.2) is 5.82 Å². The average molecular weight is 447 g/mol. The van der Waals surface area contributed by atoms with E-state index < -0.39 is 0 Å². The predicted octanol–water partition coefficient (Wildman–Crippen LogP) is 4.51. The Hall–Kier alpha value is -4.30. The van der Waals surface area contributed by atoms with Crippen LogP contribution in [0.3, 0.4) is 0 Å². The Morgan fingerprint density at radius 1 is 0.882 bits per heavy atom. The van der Waals surface area contributed by atoms with Crippen LogP contribution in [-0.2, 0) is 20.1 Å². The van der Waals surface area contributed by atoms with Gasteiger partial charge in [-0.1, -0.05) is 24.3 Å². The molecule has 0 saturated carbocycles. The summed E-state index contributed by atoms with van der Waals surface area (Å²) in [7, 11) is 4.15. The van der Waals surface area contributed by atoms with Gasteiger partial charge in [0.2, 0.25) is 0 Å². The minimum atomic E-state index is 0.724. The van der Waals surface area contributed by atoms with Crippen molar-refractivity contribution in [1.82, 2.24) is 39.8 Å². The fourth-order valence-corrected chi connectivity index (χ4v) is 4.97. The van der Waals surface area contributed by atoms with Gasteiger partial charge in [-0.25, -0.2) is 4.98 Å². The lowest BCUT2D eigenvalue weighted by molar-refractivity contribution is 0.310. The summed E-state index contributed by atoms with van der Waals surface area (Å²) in [4.78, 5) is 15.2. The second-order valence-corrected chi connectivity index (χ2v) is 9.00. The molecule has 5 heterocycles. The summed E-state index contributed by atoms with van der Waals surface area (Å²) in [5, 5.41) is 13.4. The fraction of sp³-hybridized carbons (Fsp3) is 0.154. The van der Waals surface area contributed by atoms with Crippen LogP contribution in [0.25, 0.3) is 55.7 Å². The molecule has 0 saturated heterocycles. The Morgan fingerprint density at radius 2 is 1.79 bits per heavy atom. The van der Waals surface area contributed by atoms with Gasteiger partial charge in [-0.15, -0.1) is 0 Å². The molecular weight excluding hydrogens is 424 g/mol. The number of fused-ring (bicyclic) bond motifs is 8. The van der Waals surface area contributed by atoms with Crippen molar-refractivity contribution in [2.45, 2.75) is 13.1 Å². The summed E-state index contributed by atoms with van der Waals surface area (Å²) in [5.41, 5.74) is 10.3. The molecule has 0 unspecified atom stereocenters. The smallest absolute Gasteiger partial charge is 0.159 e. The number of hydrogen-bond acceptors (Lipinski definition) is 5. The highest BCUT2D eigenvalue weighted by molar-refractivity contribution is 5.98. The van der Waals surface area contributed by atoms with Crippen molar-refractivity contribution in [3.05, 3.63) is 72.3 Å². The standard InChI is InChI=1S/C26H22N8/c1-33-13-15-4-3-5-16(8-15)20-10-27-12-22-24(20)30-26(29-22)25-18-9-17(6-7-21(18)31-32-25)19-11-28-34(2)23(19)14-33/h3-12H,13-14H2,1-2H3,(H,29,30)(H,31,32). The van der Waals surface area contributed by atoms with Crippen LogP contribution < -0.4 is 0 Å². The molecule has 4 aromatic heterocycles. The molecule has 34 heavy (non-hydrogen) atoms. The summed E-state index contributed by atoms with van der Waals surface area (Å²) < 4.78 is 1.97. The molecule has 7 rings (SSSR count). The quantitative estimate of drug-likeness (QED) is 0.358. The van der Waals surface area contributed by atoms with E-state index in [4.69, 9.17) is 4.98 Å². The fourth-order valence-electron chi connectivity index (χ4n) is 4.97. The van der Waals surface area contributed by atoms with Crippen LogP contribution in [0.5, 0.6) is 0 Å². The van der Waals surface area contributed by atoms with E-state index in [2.05, 4.69) is 79.7 Å². The molecule has 0 radical (unpaired) electrons. The van der Waals surface area contributed by atoms with Crippen LogP contribution in [-0.4, -0.2) is 46.9 Å². The van der Waals surface area contributed by atoms with Gasteiger partial charge in [-0.05, 0) is 41.9 Å². The molecule has 166 valence electrons. The molecule has 8 heteroatoms. The third-order valence-electron chi connectivity index (χ3n) is 6.66. The number of benzene rings is 2. The van der Waals surface area contributed by atoms with E-state index in [0.29, 0.717) is 0 Å². The van der Waals surface area contributed by atoms with E-state index in [1.165, 1.54) is 11.3 Å². The van der Waals surface area contributed by atoms with Crippen LogP contribution in [0.1, 0.15) is 11.3 Å². The van der Waals surface area contributed by atoms with E-state index in [1.54, 1.807) is 0 Å². The molecule has 0 spiro atoms. The van der Waals surface area contributed by atoms with Crippen molar-refractivity contribution in [2.75, 3.05) is 7.05 Å². The summed E-state index contributed by atoms with van der Waals surface area (Å²) in [6.45, 7) is 1.60. The zero-order chi connectivity index (χ0) is 22.8. The van der Waals surface area contributed by atoms with Gasteiger partial charge in [0.1, 0.15) is 5.69 Å². The molecule has 0 atom stereocenters. The summed E-state index contributed by atoms with van der Waals surface area (Å²) in [6, 6.07) is 15.0. The molecule has 0 aliphatic carbocycles. The lowest BCUT2D eigenvalue weighted by Gasteiger charge is -2.19. The first kappa shape index (κ1) is 19.2. The first-order chi connectivity index (χ1) is 16.6. The highest BCUT2D eigenvalue weighted by Gasteiger charge is 2.19. The molecule has 6 bridgehead atoms. The third kappa shape index (κ3) is 2.89. The second-order valence-electron chi connectivity index (χ2n) is 9.00. The Balaban J connectivity index is 1.53. The topological polar surface area (TPSA) is 91.3 Å². The Kier molecular flexibility index (Phi) is 4.01. The molecule has 2 aromatic carbocycles. The minimum Gasteiger partial charge on any atom is -0.335 e. The monoisotopic (exact) mass is 446 g/mol. The zero-order valence-corrected chi connectivity index (χ0v) is 18.9. The number of hydrogen-bond donors (Lipinski definition) is 2. The van der Waals surface area contributed by atoms with Gasteiger partial charge >= 0.3 is 0 Å². The molecule has 0 amide bonds. The van der Waals surface area contributed by atoms with Gasteiger partial charge < -0.3 is 4.98 Å². The third-order valence-corrected chi connectivity index (χ3v) is 6.66. The minimum absolute atomic E-state index is 0.724. The van der Waals surface area contributed by atoms with Crippen molar-refractivity contribution >= 4 is 21.9 Å². The number of imidazole rings is 1. The van der Waals surface area contributed by atoms with Crippen molar-refractivity contribution in [1.29, 1.82) is 0 Å². The molecule has 6 aromatic rings. The van der Waals surface area contributed by atoms with Crippen LogP contribution in [0.4, 0.5) is 0 Å². The first-order valence-electron chi connectivity index (χ1n) is 11.3. The van der Waals surface area contributed by atoms with E-state index in [0.717, 1.165) is 68.8 Å². The number of H-pyrrole nitrogens is 2. The van der Waals surface area contributed by atoms with Gasteiger partial charge in [0.05, 0.1) is 34.6 Å². The Morgan fingerprint density at radius 3 is 2.74 bits per heavy atom. The molecule has 1 aliphatic rings. The second kappa shape index (κ2) is 7.10.